The molecule has 0 unspecified atom stereocenters. The molecule has 0 saturated carbocycles. The van der Waals surface area contributed by atoms with E-state index in [-0.39, 0.29) is 37.3 Å². The van der Waals surface area contributed by atoms with Gasteiger partial charge in [0, 0.05) is 11.1 Å². The van der Waals surface area contributed by atoms with Crippen molar-refractivity contribution in [1.29, 1.82) is 0 Å². The molecule has 14 nitrogen and oxygen atoms in total. The fourth-order valence-corrected chi connectivity index (χ4v) is 2.73. The van der Waals surface area contributed by atoms with Crippen molar-refractivity contribution in [3.05, 3.63) is 59.2 Å². The molecule has 0 aliphatic carbocycles. The topological polar surface area (TPSA) is 172 Å². The molecule has 2 N–H and O–H groups in total. The molecular formula is C20H22N8O6. The Labute approximate surface area is 193 Å². The van der Waals surface area contributed by atoms with Gasteiger partial charge in [0.15, 0.2) is 0 Å². The number of carbonyl (C=O) groups excluding carboxylic acids is 4. The second-order valence-electron chi connectivity index (χ2n) is 6.91. The molecular weight excluding hydrogens is 448 g/mol. The van der Waals surface area contributed by atoms with Crippen LogP contribution in [0.25, 0.3) is 0 Å². The normalized spacial score (nSPS) is 10.4. The first-order valence-corrected chi connectivity index (χ1v) is 9.96. The van der Waals surface area contributed by atoms with Crippen molar-refractivity contribution in [2.45, 2.75) is 26.2 Å². The van der Waals surface area contributed by atoms with E-state index in [1.54, 1.807) is 18.2 Å². The molecule has 34 heavy (non-hydrogen) atoms. The monoisotopic (exact) mass is 470 g/mol. The molecule has 14 heteroatoms. The standard InChI is InChI=1S/C20H22N8O6/c1-33-17(29)11-27-9-15(23-25-27)7-21-19(31)13-4-3-5-14(6-13)20(32)22-8-16-10-28(26-24-16)12-18(30)34-2/h3-6,9-10H,7-8,11-12H2,1-2H3,(H,21,31)(H,22,32). The molecule has 1 aromatic carbocycles. The minimum atomic E-state index is -0.471. The molecule has 0 radical (unpaired) electrons. The van der Waals surface area contributed by atoms with Gasteiger partial charge in [-0.2, -0.15) is 0 Å². The van der Waals surface area contributed by atoms with Crippen LogP contribution < -0.4 is 10.6 Å². The smallest absolute Gasteiger partial charge is 0.327 e. The van der Waals surface area contributed by atoms with Crippen LogP contribution in [-0.4, -0.2) is 68.0 Å². The third-order valence-corrected chi connectivity index (χ3v) is 4.46. The quantitative estimate of drug-likeness (QED) is 0.353. The Morgan fingerprint density at radius 2 is 1.24 bits per heavy atom. The van der Waals surface area contributed by atoms with E-state index in [1.807, 2.05) is 0 Å². The van der Waals surface area contributed by atoms with Crippen molar-refractivity contribution in [3.8, 4) is 0 Å². The lowest BCUT2D eigenvalue weighted by Crippen LogP contribution is -2.25. The van der Waals surface area contributed by atoms with Crippen molar-refractivity contribution in [2.24, 2.45) is 0 Å². The lowest BCUT2D eigenvalue weighted by Gasteiger charge is -2.06. The summed E-state index contributed by atoms with van der Waals surface area (Å²) in [5, 5.41) is 20.7. The molecule has 0 atom stereocenters. The number of methoxy groups -OCH3 is 2. The molecule has 0 fully saturated rings. The van der Waals surface area contributed by atoms with Gasteiger partial charge in [0.1, 0.15) is 24.5 Å². The Hall–Kier alpha value is -4.62. The van der Waals surface area contributed by atoms with Crippen LogP contribution in [0.5, 0.6) is 0 Å². The summed E-state index contributed by atoms with van der Waals surface area (Å²) < 4.78 is 11.7. The lowest BCUT2D eigenvalue weighted by atomic mass is 10.1. The first kappa shape index (κ1) is 24.0. The first-order valence-electron chi connectivity index (χ1n) is 9.96. The number of hydrogen-bond acceptors (Lipinski definition) is 10. The van der Waals surface area contributed by atoms with E-state index in [2.05, 4.69) is 40.7 Å². The number of nitrogens with one attached hydrogen (secondary N) is 2. The molecule has 0 aliphatic rings. The van der Waals surface area contributed by atoms with Crippen molar-refractivity contribution in [2.75, 3.05) is 14.2 Å². The Morgan fingerprint density at radius 1 is 0.794 bits per heavy atom. The summed E-state index contributed by atoms with van der Waals surface area (Å²) in [6, 6.07) is 6.17. The van der Waals surface area contributed by atoms with Crippen LogP contribution in [0.4, 0.5) is 0 Å². The maximum atomic E-state index is 12.5. The highest BCUT2D eigenvalue weighted by Gasteiger charge is 2.13. The third-order valence-electron chi connectivity index (χ3n) is 4.46. The van der Waals surface area contributed by atoms with Crippen molar-refractivity contribution < 1.29 is 28.7 Å². The van der Waals surface area contributed by atoms with Gasteiger partial charge in [-0.05, 0) is 18.2 Å². The van der Waals surface area contributed by atoms with Crippen LogP contribution in [0.1, 0.15) is 32.1 Å². The largest absolute Gasteiger partial charge is 0.468 e. The highest BCUT2D eigenvalue weighted by Crippen LogP contribution is 2.07. The number of carbonyl (C=O) groups is 4. The fourth-order valence-electron chi connectivity index (χ4n) is 2.73. The van der Waals surface area contributed by atoms with Gasteiger partial charge in [-0.1, -0.05) is 16.5 Å². The predicted octanol–water partition coefficient (Wildman–Crippen LogP) is -0.924. The molecule has 3 rings (SSSR count). The number of hydrogen-bond donors (Lipinski definition) is 2. The Morgan fingerprint density at radius 3 is 1.65 bits per heavy atom. The van der Waals surface area contributed by atoms with Gasteiger partial charge < -0.3 is 20.1 Å². The summed E-state index contributed by atoms with van der Waals surface area (Å²) in [6.07, 6.45) is 3.03. The van der Waals surface area contributed by atoms with Gasteiger partial charge in [0.05, 0.1) is 39.7 Å². The summed E-state index contributed by atoms with van der Waals surface area (Å²) in [4.78, 5) is 47.5. The molecule has 0 bridgehead atoms. The third kappa shape index (κ3) is 6.69. The maximum Gasteiger partial charge on any atom is 0.327 e. The van der Waals surface area contributed by atoms with E-state index in [4.69, 9.17) is 0 Å². The minimum Gasteiger partial charge on any atom is -0.468 e. The molecule has 2 heterocycles. The second kappa shape index (κ2) is 11.3. The fraction of sp³-hybridized carbons (Fsp3) is 0.300. The molecule has 0 spiro atoms. The molecule has 178 valence electrons. The van der Waals surface area contributed by atoms with Crippen LogP contribution in [0, 0.1) is 0 Å². The number of amides is 2. The lowest BCUT2D eigenvalue weighted by molar-refractivity contribution is -0.142. The SMILES string of the molecule is COC(=O)Cn1cc(CNC(=O)c2cccc(C(=O)NCc3cn(CC(=O)OC)nn3)c2)nn1. The van der Waals surface area contributed by atoms with Gasteiger partial charge in [-0.15, -0.1) is 10.2 Å². The van der Waals surface area contributed by atoms with Crippen LogP contribution in [0.3, 0.4) is 0 Å². The maximum absolute atomic E-state index is 12.5. The second-order valence-corrected chi connectivity index (χ2v) is 6.91. The van der Waals surface area contributed by atoms with Crippen LogP contribution in [0.15, 0.2) is 36.7 Å². The van der Waals surface area contributed by atoms with E-state index in [1.165, 1.54) is 42.0 Å². The highest BCUT2D eigenvalue weighted by atomic mass is 16.5. The molecule has 2 amide bonds. The summed E-state index contributed by atoms with van der Waals surface area (Å²) in [5.41, 5.74) is 1.45. The predicted molar refractivity (Wildman–Crippen MR) is 113 cm³/mol. The van der Waals surface area contributed by atoms with Crippen molar-refractivity contribution in [3.63, 3.8) is 0 Å². The Bertz CT molecular complexity index is 1100. The van der Waals surface area contributed by atoms with Crippen LogP contribution in [0.2, 0.25) is 0 Å². The zero-order valence-corrected chi connectivity index (χ0v) is 18.4. The first-order chi connectivity index (χ1) is 16.4. The molecule has 2 aromatic heterocycles. The molecule has 0 saturated heterocycles. The molecule has 3 aromatic rings. The van der Waals surface area contributed by atoms with Gasteiger partial charge >= 0.3 is 11.9 Å². The summed E-state index contributed by atoms with van der Waals surface area (Å²) in [6.45, 7) is -0.0122. The highest BCUT2D eigenvalue weighted by molar-refractivity contribution is 5.99. The Kier molecular flexibility index (Phi) is 7.99. The van der Waals surface area contributed by atoms with Gasteiger partial charge in [0.2, 0.25) is 0 Å². The minimum absolute atomic E-state index is 0.0810. The zero-order valence-electron chi connectivity index (χ0n) is 18.4. The number of esters is 2. The van der Waals surface area contributed by atoms with Gasteiger partial charge in [-0.25, -0.2) is 9.36 Å². The van der Waals surface area contributed by atoms with Crippen molar-refractivity contribution >= 4 is 23.8 Å². The van der Waals surface area contributed by atoms with E-state index < -0.39 is 23.8 Å². The number of nitrogens with zero attached hydrogens (tertiary/aromatic N) is 6. The average molecular weight is 470 g/mol. The number of benzene rings is 1. The van der Waals surface area contributed by atoms with Gasteiger partial charge in [0.25, 0.3) is 11.8 Å². The van der Waals surface area contributed by atoms with Crippen LogP contribution in [-0.2, 0) is 45.2 Å². The van der Waals surface area contributed by atoms with E-state index in [9.17, 15) is 19.2 Å². The summed E-state index contributed by atoms with van der Waals surface area (Å²) >= 11 is 0. The van der Waals surface area contributed by atoms with E-state index in [0.29, 0.717) is 11.4 Å². The number of ether oxygens (including phenoxy) is 2. The van der Waals surface area contributed by atoms with Crippen LogP contribution >= 0.6 is 0 Å². The average Bonchev–Trinajstić information content (AvgIpc) is 3.49. The van der Waals surface area contributed by atoms with E-state index in [0.717, 1.165) is 0 Å². The number of aromatic nitrogens is 6. The Balaban J connectivity index is 1.52. The zero-order chi connectivity index (χ0) is 24.5. The number of rotatable bonds is 10. The molecule has 0 aliphatic heterocycles. The summed E-state index contributed by atoms with van der Waals surface area (Å²) in [5.74, 6) is -1.77. The van der Waals surface area contributed by atoms with E-state index >= 15 is 0 Å². The van der Waals surface area contributed by atoms with Crippen molar-refractivity contribution in [1.82, 2.24) is 40.6 Å². The van der Waals surface area contributed by atoms with Gasteiger partial charge in [-0.3, -0.25) is 19.2 Å². The summed E-state index contributed by atoms with van der Waals surface area (Å²) in [7, 11) is 2.54.